The maximum Gasteiger partial charge on any atom is 3.00 e. The number of carbonyl (C=O) groups is 3. The quantitative estimate of drug-likeness (QED) is 0.341. The molecule has 0 unspecified atom stereocenters. The fourth-order valence-electron chi connectivity index (χ4n) is 0. The monoisotopic (exact) mass is 494 g/mol. The van der Waals surface area contributed by atoms with E-state index in [0.29, 0.717) is 0 Å². The number of carbonyl (C=O) groups excluding carboxylic acids is 3. The van der Waals surface area contributed by atoms with Gasteiger partial charge in [0, 0.05) is 0 Å². The maximum atomic E-state index is 9.51. The number of rotatable bonds is 0. The van der Waals surface area contributed by atoms with E-state index in [-0.39, 0.29) is 8.41 Å². The number of carboxylic acids is 3. The minimum absolute atomic E-state index is 0. The van der Waals surface area contributed by atoms with Crippen molar-refractivity contribution in [1.29, 1.82) is 0 Å². The Morgan fingerprint density at radius 2 is 0.545 bits per heavy atom. The normalized spacial score (nSPS) is 10.8. The van der Waals surface area contributed by atoms with Crippen molar-refractivity contribution in [1.82, 2.24) is 0 Å². The van der Waals surface area contributed by atoms with Crippen LogP contribution in [0.15, 0.2) is 0 Å². The molecule has 0 amide bonds. The Balaban J connectivity index is -0.000000108. The van der Waals surface area contributed by atoms with Crippen molar-refractivity contribution >= 4 is 131 Å². The molecule has 6 nitrogen and oxygen atoms in total. The van der Waals surface area contributed by atoms with Gasteiger partial charge in [0.05, 0.1) is 17.9 Å². The molecule has 0 aliphatic rings. The summed E-state index contributed by atoms with van der Waals surface area (Å²) < 4.78 is -6.83. The first-order valence-electron chi connectivity index (χ1n) is 3.68. The second kappa shape index (κ2) is 12.4. The van der Waals surface area contributed by atoms with Gasteiger partial charge in [0.15, 0.2) is 0 Å². The van der Waals surface area contributed by atoms with E-state index in [9.17, 15) is 29.7 Å². The van der Waals surface area contributed by atoms with Crippen LogP contribution in [0.1, 0.15) is 0 Å². The van der Waals surface area contributed by atoms with E-state index in [2.05, 4.69) is 0 Å². The Hall–Kier alpha value is 1.08. The first-order valence-corrected chi connectivity index (χ1v) is 7.08. The van der Waals surface area contributed by atoms with Crippen LogP contribution in [-0.4, -0.2) is 37.7 Å². The minimum Gasteiger partial charge on any atom is -0.545 e. The topological polar surface area (TPSA) is 120 Å². The number of alkyl halides is 9. The summed E-state index contributed by atoms with van der Waals surface area (Å²) in [5, 5.41) is 28.5. The minimum atomic E-state index is -2.28. The second-order valence-corrected chi connectivity index (χ2v) is 9.20. The molecule has 0 saturated carbocycles. The first kappa shape index (κ1) is 30.9. The smallest absolute Gasteiger partial charge is 0.545 e. The van der Waals surface area contributed by atoms with Crippen LogP contribution in [0.2, 0.25) is 0 Å². The van der Waals surface area contributed by atoms with E-state index < -0.39 is 29.3 Å². The second-order valence-electron chi connectivity index (χ2n) is 2.36. The summed E-state index contributed by atoms with van der Waals surface area (Å²) >= 11 is 42.6. The zero-order valence-corrected chi connectivity index (χ0v) is 16.2. The molecule has 0 fully saturated rings. The van der Waals surface area contributed by atoms with Crippen LogP contribution in [0.25, 0.3) is 0 Å². The van der Waals surface area contributed by atoms with Crippen LogP contribution in [-0.2, 0) is 14.4 Å². The fourth-order valence-corrected chi connectivity index (χ4v) is 0. The van der Waals surface area contributed by atoms with Crippen LogP contribution in [0.4, 0.5) is 0 Å². The molecule has 0 heterocycles. The van der Waals surface area contributed by atoms with Crippen molar-refractivity contribution in [2.75, 3.05) is 0 Å². The molecule has 0 bridgehead atoms. The molecular formula is C6BCl9O6. The van der Waals surface area contributed by atoms with Crippen LogP contribution in [0.3, 0.4) is 0 Å². The third-order valence-corrected chi connectivity index (χ3v) is 2.08. The van der Waals surface area contributed by atoms with Gasteiger partial charge < -0.3 is 29.7 Å². The molecular weight excluding hydrogens is 498 g/mol. The summed E-state index contributed by atoms with van der Waals surface area (Å²) in [6, 6.07) is 0. The summed E-state index contributed by atoms with van der Waals surface area (Å²) in [4.78, 5) is 28.5. The van der Waals surface area contributed by atoms with E-state index in [1.807, 2.05) is 0 Å². The Morgan fingerprint density at radius 1 is 0.500 bits per heavy atom. The summed E-state index contributed by atoms with van der Waals surface area (Å²) in [5.41, 5.74) is 0. The van der Waals surface area contributed by atoms with Crippen LogP contribution in [0, 0.1) is 0 Å². The average molecular weight is 498 g/mol. The van der Waals surface area contributed by atoms with Crippen molar-refractivity contribution in [3.63, 3.8) is 0 Å². The summed E-state index contributed by atoms with van der Waals surface area (Å²) in [6.07, 6.45) is 0. The van der Waals surface area contributed by atoms with Crippen LogP contribution < -0.4 is 15.3 Å². The molecule has 0 spiro atoms. The molecule has 0 aromatic carbocycles. The fraction of sp³-hybridized carbons (Fsp3) is 0.500. The molecule has 0 radical (unpaired) electrons. The number of hydrogen-bond donors (Lipinski definition) is 0. The third-order valence-electron chi connectivity index (χ3n) is 0.694. The van der Waals surface area contributed by atoms with Gasteiger partial charge in [-0.15, -0.1) is 0 Å². The molecule has 16 heteroatoms. The molecule has 0 atom stereocenters. The first-order chi connectivity index (χ1) is 8.83. The van der Waals surface area contributed by atoms with Crippen molar-refractivity contribution in [3.05, 3.63) is 0 Å². The number of halogens is 9. The Bertz CT molecular complexity index is 313. The van der Waals surface area contributed by atoms with Crippen LogP contribution in [0.5, 0.6) is 0 Å². The Labute approximate surface area is 170 Å². The zero-order chi connectivity index (χ0) is 18.2. The van der Waals surface area contributed by atoms with Gasteiger partial charge in [0.1, 0.15) is 0 Å². The van der Waals surface area contributed by atoms with Crippen molar-refractivity contribution < 1.29 is 29.7 Å². The molecule has 0 saturated heterocycles. The van der Waals surface area contributed by atoms with E-state index >= 15 is 0 Å². The molecule has 0 aromatic heterocycles. The van der Waals surface area contributed by atoms with Gasteiger partial charge in [0.25, 0.3) is 0 Å². The SMILES string of the molecule is O=C([O-])C(Cl)(Cl)Cl.O=C([O-])C(Cl)(Cl)Cl.O=C([O-])C(Cl)(Cl)Cl.[B+3]. The summed E-state index contributed by atoms with van der Waals surface area (Å²) in [6.45, 7) is 0. The number of aliphatic carboxylic acids is 3. The summed E-state index contributed by atoms with van der Waals surface area (Å²) in [7, 11) is 0. The van der Waals surface area contributed by atoms with E-state index in [0.717, 1.165) is 0 Å². The Kier molecular flexibility index (Phi) is 17.5. The molecule has 0 aliphatic carbocycles. The maximum absolute atomic E-state index is 9.51. The van der Waals surface area contributed by atoms with Crippen LogP contribution >= 0.6 is 104 Å². The summed E-state index contributed by atoms with van der Waals surface area (Å²) in [5.74, 6) is -5.13. The molecule has 0 N–H and O–H groups in total. The average Bonchev–Trinajstić information content (AvgIpc) is 2.14. The third kappa shape index (κ3) is 23.4. The van der Waals surface area contributed by atoms with Gasteiger partial charge in [-0.25, -0.2) is 0 Å². The predicted molar refractivity (Wildman–Crippen MR) is 81.6 cm³/mol. The molecule has 0 rings (SSSR count). The molecule has 22 heavy (non-hydrogen) atoms. The largest absolute Gasteiger partial charge is 3.00 e. The van der Waals surface area contributed by atoms with E-state index in [4.69, 9.17) is 104 Å². The van der Waals surface area contributed by atoms with Crippen molar-refractivity contribution in [3.8, 4) is 0 Å². The molecule has 0 aromatic rings. The van der Waals surface area contributed by atoms with Gasteiger partial charge in [-0.3, -0.25) is 0 Å². The van der Waals surface area contributed by atoms with Crippen molar-refractivity contribution in [2.45, 2.75) is 11.4 Å². The van der Waals surface area contributed by atoms with Gasteiger partial charge in [-0.2, -0.15) is 0 Å². The van der Waals surface area contributed by atoms with Gasteiger partial charge >= 0.3 is 8.41 Å². The van der Waals surface area contributed by atoms with Gasteiger partial charge in [-0.1, -0.05) is 104 Å². The van der Waals surface area contributed by atoms with Crippen molar-refractivity contribution in [2.24, 2.45) is 0 Å². The Morgan fingerprint density at radius 3 is 0.545 bits per heavy atom. The predicted octanol–water partition coefficient (Wildman–Crippen LogP) is -0.0613. The van der Waals surface area contributed by atoms with E-state index in [1.54, 1.807) is 0 Å². The standard InChI is InChI=1S/3C2HCl3O2.B/c3*3-2(4,5)1(6)7;/h3*(H,6,7);/q;;;+3/p-3. The zero-order valence-electron chi connectivity index (χ0n) is 9.43. The van der Waals surface area contributed by atoms with Gasteiger partial charge in [-0.05, 0) is 0 Å². The van der Waals surface area contributed by atoms with E-state index in [1.165, 1.54) is 0 Å². The number of carboxylic acid groups (broad SMARTS) is 3. The number of hydrogen-bond acceptors (Lipinski definition) is 6. The molecule has 126 valence electrons. The molecule has 0 aliphatic heterocycles. The van der Waals surface area contributed by atoms with Gasteiger partial charge in [0.2, 0.25) is 11.4 Å².